The average Bonchev–Trinajstić information content (AvgIpc) is 2.65. The molecular weight excluding hydrogens is 324 g/mol. The first kappa shape index (κ1) is 22.7. The second-order valence-corrected chi connectivity index (χ2v) is 8.15. The van der Waals surface area contributed by atoms with Gasteiger partial charge in [-0.1, -0.05) is 65.4 Å². The van der Waals surface area contributed by atoms with Crippen molar-refractivity contribution >= 4 is 11.8 Å². The van der Waals surface area contributed by atoms with Gasteiger partial charge in [-0.15, -0.1) is 0 Å². The van der Waals surface area contributed by atoms with Crippen molar-refractivity contribution < 1.29 is 9.59 Å². The first-order valence-electron chi connectivity index (χ1n) is 10.7. The van der Waals surface area contributed by atoms with Gasteiger partial charge in [0.2, 0.25) is 11.8 Å². The number of unbranched alkanes of at least 4 members (excludes halogenated alkanes) is 5. The van der Waals surface area contributed by atoms with Crippen molar-refractivity contribution in [3.8, 4) is 0 Å². The van der Waals surface area contributed by atoms with Crippen LogP contribution in [0.5, 0.6) is 0 Å². The quantitative estimate of drug-likeness (QED) is 0.398. The average molecular weight is 365 g/mol. The number of piperidine rings is 1. The summed E-state index contributed by atoms with van der Waals surface area (Å²) in [7, 11) is 0. The third-order valence-electron chi connectivity index (χ3n) is 5.62. The van der Waals surface area contributed by atoms with E-state index in [4.69, 9.17) is 0 Å². The Morgan fingerprint density at radius 2 is 1.77 bits per heavy atom. The molecule has 1 saturated heterocycles. The molecule has 1 aliphatic heterocycles. The van der Waals surface area contributed by atoms with Gasteiger partial charge in [0.05, 0.1) is 5.92 Å². The fourth-order valence-corrected chi connectivity index (χ4v) is 3.86. The van der Waals surface area contributed by atoms with Crippen LogP contribution in [-0.4, -0.2) is 35.3 Å². The molecule has 2 atom stereocenters. The first-order chi connectivity index (χ1) is 12.5. The van der Waals surface area contributed by atoms with E-state index in [9.17, 15) is 9.59 Å². The molecule has 150 valence electrons. The Morgan fingerprint density at radius 3 is 2.42 bits per heavy atom. The van der Waals surface area contributed by atoms with Crippen molar-refractivity contribution in [2.24, 2.45) is 5.92 Å². The zero-order chi connectivity index (χ0) is 19.4. The van der Waals surface area contributed by atoms with Gasteiger partial charge in [-0.25, -0.2) is 0 Å². The van der Waals surface area contributed by atoms with Gasteiger partial charge in [0, 0.05) is 18.6 Å². The van der Waals surface area contributed by atoms with Crippen LogP contribution in [0.25, 0.3) is 0 Å². The lowest BCUT2D eigenvalue weighted by molar-refractivity contribution is -0.133. The standard InChI is InChI=1S/C22H40N2O2/c1-5-8-10-11-12-16-22(4,15-9-6-2)23-21(26)19-14-13-17-24(18-19)20(25)7-3/h7,19H,3,5-6,8-18H2,1-2,4H3,(H,23,26)/t19-,22?/m1/s1. The molecule has 1 N–H and O–H groups in total. The molecule has 26 heavy (non-hydrogen) atoms. The van der Waals surface area contributed by atoms with Crippen molar-refractivity contribution in [2.75, 3.05) is 13.1 Å². The van der Waals surface area contributed by atoms with Crippen LogP contribution in [0.3, 0.4) is 0 Å². The molecule has 4 nitrogen and oxygen atoms in total. The third-order valence-corrected chi connectivity index (χ3v) is 5.62. The molecule has 0 aliphatic carbocycles. The van der Waals surface area contributed by atoms with E-state index in [0.717, 1.165) is 45.1 Å². The topological polar surface area (TPSA) is 49.4 Å². The number of carbonyl (C=O) groups is 2. The highest BCUT2D eigenvalue weighted by atomic mass is 16.2. The number of nitrogens with one attached hydrogen (secondary N) is 1. The molecule has 0 aromatic heterocycles. The van der Waals surface area contributed by atoms with Crippen molar-refractivity contribution in [3.63, 3.8) is 0 Å². The number of nitrogens with zero attached hydrogens (tertiary/aromatic N) is 1. The molecule has 0 spiro atoms. The minimum Gasteiger partial charge on any atom is -0.351 e. The SMILES string of the molecule is C=CC(=O)N1CCC[C@@H](C(=O)NC(C)(CCCC)CCCCCCC)C1. The summed E-state index contributed by atoms with van der Waals surface area (Å²) in [5.74, 6) is -0.0282. The van der Waals surface area contributed by atoms with E-state index >= 15 is 0 Å². The maximum atomic E-state index is 12.9. The minimum atomic E-state index is -0.121. The Hall–Kier alpha value is -1.32. The lowest BCUT2D eigenvalue weighted by Crippen LogP contribution is -2.52. The molecule has 0 saturated carbocycles. The summed E-state index contributed by atoms with van der Waals surface area (Å²) in [4.78, 5) is 26.5. The van der Waals surface area contributed by atoms with E-state index in [2.05, 4.69) is 32.7 Å². The lowest BCUT2D eigenvalue weighted by atomic mass is 9.87. The maximum Gasteiger partial charge on any atom is 0.245 e. The van der Waals surface area contributed by atoms with Crippen LogP contribution in [0.2, 0.25) is 0 Å². The summed E-state index contributed by atoms with van der Waals surface area (Å²) in [5, 5.41) is 3.36. The molecule has 0 aromatic carbocycles. The molecule has 2 amide bonds. The molecule has 0 radical (unpaired) electrons. The second kappa shape index (κ2) is 12.1. The smallest absolute Gasteiger partial charge is 0.245 e. The fourth-order valence-electron chi connectivity index (χ4n) is 3.86. The maximum absolute atomic E-state index is 12.9. The van der Waals surface area contributed by atoms with E-state index in [1.807, 2.05) is 0 Å². The fraction of sp³-hybridized carbons (Fsp3) is 0.818. The van der Waals surface area contributed by atoms with Gasteiger partial charge in [0.1, 0.15) is 0 Å². The van der Waals surface area contributed by atoms with Crippen LogP contribution in [0.15, 0.2) is 12.7 Å². The summed E-state index contributed by atoms with van der Waals surface area (Å²) >= 11 is 0. The van der Waals surface area contributed by atoms with Crippen molar-refractivity contribution in [3.05, 3.63) is 12.7 Å². The van der Waals surface area contributed by atoms with Crippen LogP contribution in [-0.2, 0) is 9.59 Å². The lowest BCUT2D eigenvalue weighted by Gasteiger charge is -2.36. The zero-order valence-corrected chi connectivity index (χ0v) is 17.3. The molecule has 1 fully saturated rings. The van der Waals surface area contributed by atoms with E-state index in [1.54, 1.807) is 4.90 Å². The minimum absolute atomic E-state index is 0.0628. The third kappa shape index (κ3) is 7.92. The molecule has 1 aliphatic rings. The van der Waals surface area contributed by atoms with Crippen molar-refractivity contribution in [1.82, 2.24) is 10.2 Å². The van der Waals surface area contributed by atoms with Gasteiger partial charge in [-0.3, -0.25) is 9.59 Å². The highest BCUT2D eigenvalue weighted by Gasteiger charge is 2.32. The van der Waals surface area contributed by atoms with Gasteiger partial charge < -0.3 is 10.2 Å². The largest absolute Gasteiger partial charge is 0.351 e. The first-order valence-corrected chi connectivity index (χ1v) is 10.7. The van der Waals surface area contributed by atoms with Gasteiger partial charge in [-0.2, -0.15) is 0 Å². The highest BCUT2D eigenvalue weighted by Crippen LogP contribution is 2.24. The van der Waals surface area contributed by atoms with E-state index in [-0.39, 0.29) is 23.3 Å². The number of amides is 2. The summed E-state index contributed by atoms with van der Waals surface area (Å²) in [6, 6.07) is 0. The summed E-state index contributed by atoms with van der Waals surface area (Å²) < 4.78 is 0. The van der Waals surface area contributed by atoms with Crippen LogP contribution in [0.1, 0.15) is 91.4 Å². The molecule has 0 bridgehead atoms. The van der Waals surface area contributed by atoms with Crippen LogP contribution >= 0.6 is 0 Å². The normalized spacial score (nSPS) is 19.7. The summed E-state index contributed by atoms with van der Waals surface area (Å²) in [6.45, 7) is 11.5. The number of likely N-dealkylation sites (tertiary alicyclic amines) is 1. The van der Waals surface area contributed by atoms with Crippen LogP contribution in [0, 0.1) is 5.92 Å². The Bertz CT molecular complexity index is 449. The Balaban J connectivity index is 2.59. The molecule has 1 unspecified atom stereocenters. The van der Waals surface area contributed by atoms with Crippen LogP contribution in [0.4, 0.5) is 0 Å². The second-order valence-electron chi connectivity index (χ2n) is 8.15. The number of rotatable bonds is 12. The molecule has 0 aromatic rings. The monoisotopic (exact) mass is 364 g/mol. The van der Waals surface area contributed by atoms with Crippen molar-refractivity contribution in [2.45, 2.75) is 96.9 Å². The molecular formula is C22H40N2O2. The number of hydrogen-bond acceptors (Lipinski definition) is 2. The predicted molar refractivity (Wildman–Crippen MR) is 109 cm³/mol. The molecule has 4 heteroatoms. The summed E-state index contributed by atoms with van der Waals surface area (Å²) in [5.41, 5.74) is -0.121. The zero-order valence-electron chi connectivity index (χ0n) is 17.3. The van der Waals surface area contributed by atoms with Gasteiger partial charge >= 0.3 is 0 Å². The Kier molecular flexibility index (Phi) is 10.6. The Morgan fingerprint density at radius 1 is 1.12 bits per heavy atom. The van der Waals surface area contributed by atoms with Gasteiger partial charge in [-0.05, 0) is 38.7 Å². The van der Waals surface area contributed by atoms with Gasteiger partial charge in [0.15, 0.2) is 0 Å². The Labute approximate surface area is 160 Å². The van der Waals surface area contributed by atoms with Gasteiger partial charge in [0.25, 0.3) is 0 Å². The predicted octanol–water partition coefficient (Wildman–Crippen LogP) is 4.84. The van der Waals surface area contributed by atoms with E-state index in [1.165, 1.54) is 38.2 Å². The molecule has 1 heterocycles. The van der Waals surface area contributed by atoms with Crippen molar-refractivity contribution in [1.29, 1.82) is 0 Å². The van der Waals surface area contributed by atoms with Crippen LogP contribution < -0.4 is 5.32 Å². The number of hydrogen-bond donors (Lipinski definition) is 1. The number of carbonyl (C=O) groups excluding carboxylic acids is 2. The summed E-state index contributed by atoms with van der Waals surface area (Å²) in [6.07, 6.45) is 13.7. The van der Waals surface area contributed by atoms with E-state index in [0.29, 0.717) is 6.54 Å². The highest BCUT2D eigenvalue weighted by molar-refractivity contribution is 5.88. The molecule has 1 rings (SSSR count). The van der Waals surface area contributed by atoms with E-state index < -0.39 is 0 Å².